The van der Waals surface area contributed by atoms with Gasteiger partial charge in [0.25, 0.3) is 0 Å². The van der Waals surface area contributed by atoms with Crippen molar-refractivity contribution in [3.63, 3.8) is 0 Å². The summed E-state index contributed by atoms with van der Waals surface area (Å²) in [4.78, 5) is 17.1. The summed E-state index contributed by atoms with van der Waals surface area (Å²) in [7, 11) is 1.99. The van der Waals surface area contributed by atoms with Crippen molar-refractivity contribution < 1.29 is 9.53 Å². The number of carbonyl (C=O) groups excluding carboxylic acids is 1. The van der Waals surface area contributed by atoms with Crippen molar-refractivity contribution in [1.29, 1.82) is 0 Å². The zero-order valence-electron chi connectivity index (χ0n) is 15.6. The van der Waals surface area contributed by atoms with Gasteiger partial charge in [-0.3, -0.25) is 4.90 Å². The van der Waals surface area contributed by atoms with Gasteiger partial charge in [0.05, 0.1) is 28.2 Å². The fourth-order valence-electron chi connectivity index (χ4n) is 2.50. The highest BCUT2D eigenvalue weighted by Crippen LogP contribution is 2.32. The SMILES string of the molecule is C=CCN(C(=O)OCCCC)c1ccc(N(C)Cc2ccc(Cl)s2)cc1Cl. The van der Waals surface area contributed by atoms with Crippen LogP contribution in [0.15, 0.2) is 43.0 Å². The standard InChI is InChI=1S/C20H24Cl2N2O2S/c1-4-6-12-26-20(25)24(11-5-2)18-9-7-15(13-17(18)21)23(3)14-16-8-10-19(22)27-16/h5,7-10,13H,2,4,6,11-12,14H2,1,3H3. The van der Waals surface area contributed by atoms with Crippen LogP contribution in [0.5, 0.6) is 0 Å². The average Bonchev–Trinajstić information content (AvgIpc) is 3.04. The first-order chi connectivity index (χ1) is 13.0. The average molecular weight is 427 g/mol. The van der Waals surface area contributed by atoms with Crippen LogP contribution in [0.4, 0.5) is 16.2 Å². The molecule has 0 saturated carbocycles. The minimum atomic E-state index is -0.417. The number of thiophene rings is 1. The third kappa shape index (κ3) is 6.16. The summed E-state index contributed by atoms with van der Waals surface area (Å²) in [6.45, 7) is 7.21. The molecule has 0 unspecified atom stereocenters. The Balaban J connectivity index is 2.14. The highest BCUT2D eigenvalue weighted by molar-refractivity contribution is 7.16. The Hall–Kier alpha value is -1.69. The number of hydrogen-bond acceptors (Lipinski definition) is 4. The quantitative estimate of drug-likeness (QED) is 0.333. The van der Waals surface area contributed by atoms with Crippen LogP contribution in [0, 0.1) is 0 Å². The zero-order chi connectivity index (χ0) is 19.8. The van der Waals surface area contributed by atoms with Crippen molar-refractivity contribution in [3.8, 4) is 0 Å². The van der Waals surface area contributed by atoms with Gasteiger partial charge in [0.1, 0.15) is 0 Å². The molecule has 1 aromatic heterocycles. The van der Waals surface area contributed by atoms with E-state index >= 15 is 0 Å². The molecule has 1 amide bonds. The minimum absolute atomic E-state index is 0.327. The van der Waals surface area contributed by atoms with Crippen LogP contribution in [0.25, 0.3) is 0 Å². The van der Waals surface area contributed by atoms with Gasteiger partial charge in [-0.2, -0.15) is 0 Å². The number of amides is 1. The number of rotatable bonds is 9. The van der Waals surface area contributed by atoms with Gasteiger partial charge in [-0.1, -0.05) is 42.6 Å². The molecule has 2 rings (SSSR count). The predicted octanol–water partition coefficient (Wildman–Crippen LogP) is 6.62. The highest BCUT2D eigenvalue weighted by atomic mass is 35.5. The number of ether oxygens (including phenoxy) is 1. The fourth-order valence-corrected chi connectivity index (χ4v) is 3.91. The van der Waals surface area contributed by atoms with Gasteiger partial charge < -0.3 is 9.64 Å². The molecule has 0 bridgehead atoms. The minimum Gasteiger partial charge on any atom is -0.449 e. The molecule has 0 N–H and O–H groups in total. The van der Waals surface area contributed by atoms with Crippen molar-refractivity contribution in [1.82, 2.24) is 0 Å². The Kier molecular flexibility index (Phi) is 8.48. The lowest BCUT2D eigenvalue weighted by Gasteiger charge is -2.24. The Bertz CT molecular complexity index is 779. The molecule has 1 heterocycles. The summed E-state index contributed by atoms with van der Waals surface area (Å²) < 4.78 is 6.10. The van der Waals surface area contributed by atoms with Gasteiger partial charge in [-0.05, 0) is 36.8 Å². The zero-order valence-corrected chi connectivity index (χ0v) is 17.9. The molecule has 7 heteroatoms. The van der Waals surface area contributed by atoms with Gasteiger partial charge >= 0.3 is 6.09 Å². The van der Waals surface area contributed by atoms with E-state index in [0.717, 1.165) is 34.3 Å². The summed E-state index contributed by atoms with van der Waals surface area (Å²) in [5, 5.41) is 0.484. The molecular weight excluding hydrogens is 403 g/mol. The van der Waals surface area contributed by atoms with Crippen molar-refractivity contribution in [3.05, 3.63) is 57.2 Å². The molecule has 0 saturated heterocycles. The van der Waals surface area contributed by atoms with Gasteiger partial charge in [0, 0.05) is 24.2 Å². The Morgan fingerprint density at radius 3 is 2.67 bits per heavy atom. The van der Waals surface area contributed by atoms with Gasteiger partial charge in [-0.15, -0.1) is 17.9 Å². The molecule has 146 valence electrons. The number of hydrogen-bond donors (Lipinski definition) is 0. The second-order valence-electron chi connectivity index (χ2n) is 6.06. The molecule has 4 nitrogen and oxygen atoms in total. The predicted molar refractivity (Wildman–Crippen MR) is 117 cm³/mol. The topological polar surface area (TPSA) is 32.8 Å². The van der Waals surface area contributed by atoms with E-state index in [1.807, 2.05) is 44.3 Å². The van der Waals surface area contributed by atoms with Crippen LogP contribution in [0.1, 0.15) is 24.6 Å². The summed E-state index contributed by atoms with van der Waals surface area (Å²) in [6, 6.07) is 9.52. The van der Waals surface area contributed by atoms with Crippen molar-refractivity contribution >= 4 is 52.0 Å². The monoisotopic (exact) mass is 426 g/mol. The molecule has 0 spiro atoms. The van der Waals surface area contributed by atoms with E-state index in [0.29, 0.717) is 23.9 Å². The lowest BCUT2D eigenvalue weighted by Crippen LogP contribution is -2.32. The Morgan fingerprint density at radius 1 is 1.30 bits per heavy atom. The number of carbonyl (C=O) groups is 1. The van der Waals surface area contributed by atoms with Crippen LogP contribution in [-0.4, -0.2) is 26.3 Å². The van der Waals surface area contributed by atoms with Gasteiger partial charge in [-0.25, -0.2) is 4.79 Å². The summed E-state index contributed by atoms with van der Waals surface area (Å²) >= 11 is 14.0. The van der Waals surface area contributed by atoms with E-state index in [1.165, 1.54) is 4.90 Å². The van der Waals surface area contributed by atoms with E-state index in [1.54, 1.807) is 17.4 Å². The van der Waals surface area contributed by atoms with E-state index in [4.69, 9.17) is 27.9 Å². The first-order valence-corrected chi connectivity index (χ1v) is 10.3. The second kappa shape index (κ2) is 10.6. The number of halogens is 2. The molecule has 2 aromatic rings. The van der Waals surface area contributed by atoms with Crippen molar-refractivity contribution in [2.45, 2.75) is 26.3 Å². The number of anilines is 2. The molecule has 0 aliphatic rings. The molecule has 0 atom stereocenters. The largest absolute Gasteiger partial charge is 0.449 e. The normalized spacial score (nSPS) is 10.5. The van der Waals surface area contributed by atoms with E-state index in [2.05, 4.69) is 11.5 Å². The van der Waals surface area contributed by atoms with Crippen molar-refractivity contribution in [2.24, 2.45) is 0 Å². The van der Waals surface area contributed by atoms with E-state index < -0.39 is 6.09 Å². The van der Waals surface area contributed by atoms with Crippen molar-refractivity contribution in [2.75, 3.05) is 30.0 Å². The number of nitrogens with zero attached hydrogens (tertiary/aromatic N) is 2. The maximum Gasteiger partial charge on any atom is 0.414 e. The van der Waals surface area contributed by atoms with E-state index in [-0.39, 0.29) is 0 Å². The van der Waals surface area contributed by atoms with Crippen LogP contribution >= 0.6 is 34.5 Å². The van der Waals surface area contributed by atoms with Crippen LogP contribution in [-0.2, 0) is 11.3 Å². The highest BCUT2D eigenvalue weighted by Gasteiger charge is 2.19. The maximum atomic E-state index is 12.4. The van der Waals surface area contributed by atoms with Crippen LogP contribution < -0.4 is 9.80 Å². The number of unbranched alkanes of at least 4 members (excludes halogenated alkanes) is 1. The molecular formula is C20H24Cl2N2O2S. The maximum absolute atomic E-state index is 12.4. The Morgan fingerprint density at radius 2 is 2.07 bits per heavy atom. The Labute approximate surface area is 174 Å². The first kappa shape index (κ1) is 21.6. The molecule has 1 aromatic carbocycles. The molecule has 0 aliphatic carbocycles. The van der Waals surface area contributed by atoms with Gasteiger partial charge in [0.2, 0.25) is 0 Å². The summed E-state index contributed by atoms with van der Waals surface area (Å²) in [5.74, 6) is 0. The molecule has 27 heavy (non-hydrogen) atoms. The lowest BCUT2D eigenvalue weighted by atomic mass is 10.2. The first-order valence-electron chi connectivity index (χ1n) is 8.76. The molecule has 0 aliphatic heterocycles. The van der Waals surface area contributed by atoms with Gasteiger partial charge in [0.15, 0.2) is 0 Å². The molecule has 0 fully saturated rings. The lowest BCUT2D eigenvalue weighted by molar-refractivity contribution is 0.152. The molecule has 0 radical (unpaired) electrons. The summed E-state index contributed by atoms with van der Waals surface area (Å²) in [5.41, 5.74) is 1.56. The fraction of sp³-hybridized carbons (Fsp3) is 0.350. The second-order valence-corrected chi connectivity index (χ2v) is 8.27. The summed E-state index contributed by atoms with van der Waals surface area (Å²) in [6.07, 6.45) is 3.03. The third-order valence-electron chi connectivity index (χ3n) is 3.94. The van der Waals surface area contributed by atoms with Crippen LogP contribution in [0.3, 0.4) is 0 Å². The van der Waals surface area contributed by atoms with E-state index in [9.17, 15) is 4.79 Å². The van der Waals surface area contributed by atoms with Crippen LogP contribution in [0.2, 0.25) is 9.36 Å². The third-order valence-corrected chi connectivity index (χ3v) is 5.46. The smallest absolute Gasteiger partial charge is 0.414 e. The number of benzene rings is 1.